The van der Waals surface area contributed by atoms with E-state index < -0.39 is 0 Å². The van der Waals surface area contributed by atoms with Crippen LogP contribution < -0.4 is 0 Å². The zero-order valence-corrected chi connectivity index (χ0v) is 11.8. The van der Waals surface area contributed by atoms with Crippen LogP contribution in [0.5, 0.6) is 0 Å². The molecule has 0 aliphatic rings. The number of rotatable bonds is 11. The van der Waals surface area contributed by atoms with Gasteiger partial charge in [0.25, 0.3) is 0 Å². The van der Waals surface area contributed by atoms with Gasteiger partial charge in [0, 0.05) is 32.3 Å². The number of methoxy groups -OCH3 is 1. The van der Waals surface area contributed by atoms with E-state index in [9.17, 15) is 9.18 Å². The second-order valence-corrected chi connectivity index (χ2v) is 4.25. The summed E-state index contributed by atoms with van der Waals surface area (Å²) in [4.78, 5) is 11.7. The van der Waals surface area contributed by atoms with Crippen LogP contribution in [0.25, 0.3) is 0 Å². The molecule has 0 saturated heterocycles. The predicted molar refractivity (Wildman–Crippen MR) is 73.5 cm³/mol. The summed E-state index contributed by atoms with van der Waals surface area (Å²) in [6.07, 6.45) is 1.09. The lowest BCUT2D eigenvalue weighted by molar-refractivity contribution is 0.0504. The number of ketones is 1. The fraction of sp³-hybridized carbons (Fsp3) is 0.533. The molecule has 0 amide bonds. The highest BCUT2D eigenvalue weighted by Gasteiger charge is 2.05. The van der Waals surface area contributed by atoms with Crippen molar-refractivity contribution < 1.29 is 23.4 Å². The van der Waals surface area contributed by atoms with Crippen LogP contribution in [-0.4, -0.2) is 45.9 Å². The van der Waals surface area contributed by atoms with Gasteiger partial charge in [0.05, 0.1) is 19.8 Å². The van der Waals surface area contributed by atoms with Crippen LogP contribution >= 0.6 is 0 Å². The van der Waals surface area contributed by atoms with E-state index in [0.29, 0.717) is 45.0 Å². The SMILES string of the molecule is COCCOCCCOCCC(=O)c1ccc(F)cc1. The fourth-order valence-corrected chi connectivity index (χ4v) is 1.55. The molecule has 112 valence electrons. The molecule has 0 atom stereocenters. The number of benzene rings is 1. The van der Waals surface area contributed by atoms with E-state index in [4.69, 9.17) is 14.2 Å². The Kier molecular flexibility index (Phi) is 8.78. The lowest BCUT2D eigenvalue weighted by Crippen LogP contribution is -2.08. The molecule has 1 aromatic carbocycles. The highest BCUT2D eigenvalue weighted by Crippen LogP contribution is 2.05. The molecule has 0 fully saturated rings. The van der Waals surface area contributed by atoms with Crippen LogP contribution in [0.2, 0.25) is 0 Å². The Bertz CT molecular complexity index is 378. The maximum absolute atomic E-state index is 12.7. The van der Waals surface area contributed by atoms with Gasteiger partial charge in [0.2, 0.25) is 0 Å². The van der Waals surface area contributed by atoms with E-state index in [1.54, 1.807) is 7.11 Å². The molecule has 20 heavy (non-hydrogen) atoms. The quantitative estimate of drug-likeness (QED) is 0.462. The van der Waals surface area contributed by atoms with Crippen molar-refractivity contribution in [2.75, 3.05) is 40.1 Å². The first kappa shape index (κ1) is 16.8. The Morgan fingerprint density at radius 3 is 2.30 bits per heavy atom. The average molecular weight is 284 g/mol. The Labute approximate surface area is 118 Å². The molecule has 0 N–H and O–H groups in total. The molecule has 0 heterocycles. The Balaban J connectivity index is 2.01. The molecule has 0 aromatic heterocycles. The molecule has 0 saturated carbocycles. The maximum Gasteiger partial charge on any atom is 0.165 e. The molecule has 0 aliphatic heterocycles. The molecule has 0 spiro atoms. The molecule has 1 aromatic rings. The number of ether oxygens (including phenoxy) is 3. The maximum atomic E-state index is 12.7. The van der Waals surface area contributed by atoms with Gasteiger partial charge < -0.3 is 14.2 Å². The zero-order valence-electron chi connectivity index (χ0n) is 11.8. The van der Waals surface area contributed by atoms with Gasteiger partial charge in [-0.3, -0.25) is 4.79 Å². The summed E-state index contributed by atoms with van der Waals surface area (Å²) in [6, 6.07) is 5.54. The standard InChI is InChI=1S/C15H21FO4/c1-18-11-12-20-9-2-8-19-10-7-15(17)13-3-5-14(16)6-4-13/h3-6H,2,7-12H2,1H3. The summed E-state index contributed by atoms with van der Waals surface area (Å²) in [7, 11) is 1.63. The van der Waals surface area contributed by atoms with E-state index in [2.05, 4.69) is 0 Å². The van der Waals surface area contributed by atoms with E-state index >= 15 is 0 Å². The minimum absolute atomic E-state index is 0.0404. The van der Waals surface area contributed by atoms with Crippen molar-refractivity contribution in [3.8, 4) is 0 Å². The number of hydrogen-bond donors (Lipinski definition) is 0. The number of carbonyl (C=O) groups excluding carboxylic acids is 1. The van der Waals surface area contributed by atoms with Gasteiger partial charge in [-0.2, -0.15) is 0 Å². The van der Waals surface area contributed by atoms with Crippen molar-refractivity contribution in [1.29, 1.82) is 0 Å². The first-order valence-corrected chi connectivity index (χ1v) is 6.67. The molecular formula is C15H21FO4. The minimum atomic E-state index is -0.341. The number of hydrogen-bond acceptors (Lipinski definition) is 4. The largest absolute Gasteiger partial charge is 0.382 e. The molecule has 1 rings (SSSR count). The van der Waals surface area contributed by atoms with E-state index in [0.717, 1.165) is 6.42 Å². The summed E-state index contributed by atoms with van der Waals surface area (Å²) in [5.74, 6) is -0.382. The smallest absolute Gasteiger partial charge is 0.165 e. The van der Waals surface area contributed by atoms with Crippen molar-refractivity contribution in [3.63, 3.8) is 0 Å². The summed E-state index contributed by atoms with van der Waals surface area (Å²) < 4.78 is 28.2. The second-order valence-electron chi connectivity index (χ2n) is 4.25. The zero-order chi connectivity index (χ0) is 14.6. The first-order valence-electron chi connectivity index (χ1n) is 6.67. The highest BCUT2D eigenvalue weighted by molar-refractivity contribution is 5.96. The normalized spacial score (nSPS) is 10.7. The summed E-state index contributed by atoms with van der Waals surface area (Å²) in [5.41, 5.74) is 0.512. The molecular weight excluding hydrogens is 263 g/mol. The van der Waals surface area contributed by atoms with Crippen LogP contribution in [0.4, 0.5) is 4.39 Å². The van der Waals surface area contributed by atoms with Crippen LogP contribution in [-0.2, 0) is 14.2 Å². The van der Waals surface area contributed by atoms with Crippen LogP contribution in [0.15, 0.2) is 24.3 Å². The Hall–Kier alpha value is -1.30. The van der Waals surface area contributed by atoms with Crippen molar-refractivity contribution in [1.82, 2.24) is 0 Å². The molecule has 0 unspecified atom stereocenters. The van der Waals surface area contributed by atoms with Crippen LogP contribution in [0.1, 0.15) is 23.2 Å². The summed E-state index contributed by atoms with van der Waals surface area (Å²) in [6.45, 7) is 2.72. The van der Waals surface area contributed by atoms with Crippen LogP contribution in [0.3, 0.4) is 0 Å². The third-order valence-electron chi connectivity index (χ3n) is 2.65. The van der Waals surface area contributed by atoms with Crippen LogP contribution in [0, 0.1) is 5.82 Å². The summed E-state index contributed by atoms with van der Waals surface area (Å²) >= 11 is 0. The number of Topliss-reactive ketones (excluding diaryl/α,β-unsaturated/α-hetero) is 1. The molecule has 0 radical (unpaired) electrons. The van der Waals surface area contributed by atoms with Gasteiger partial charge in [-0.05, 0) is 30.7 Å². The van der Waals surface area contributed by atoms with Gasteiger partial charge >= 0.3 is 0 Å². The number of halogens is 1. The molecule has 0 bridgehead atoms. The average Bonchev–Trinajstić information content (AvgIpc) is 2.46. The third kappa shape index (κ3) is 7.33. The van der Waals surface area contributed by atoms with E-state index in [1.807, 2.05) is 0 Å². The third-order valence-corrected chi connectivity index (χ3v) is 2.65. The van der Waals surface area contributed by atoms with Gasteiger partial charge in [0.15, 0.2) is 5.78 Å². The monoisotopic (exact) mass is 284 g/mol. The topological polar surface area (TPSA) is 44.8 Å². The van der Waals surface area contributed by atoms with Crippen molar-refractivity contribution in [3.05, 3.63) is 35.6 Å². The summed E-state index contributed by atoms with van der Waals surface area (Å²) in [5, 5.41) is 0. The lowest BCUT2D eigenvalue weighted by atomic mass is 10.1. The van der Waals surface area contributed by atoms with Crippen molar-refractivity contribution in [2.45, 2.75) is 12.8 Å². The number of carbonyl (C=O) groups is 1. The van der Waals surface area contributed by atoms with Gasteiger partial charge in [-0.15, -0.1) is 0 Å². The Morgan fingerprint density at radius 1 is 1.00 bits per heavy atom. The minimum Gasteiger partial charge on any atom is -0.382 e. The fourth-order valence-electron chi connectivity index (χ4n) is 1.55. The van der Waals surface area contributed by atoms with E-state index in [-0.39, 0.29) is 11.6 Å². The lowest BCUT2D eigenvalue weighted by Gasteiger charge is -2.05. The van der Waals surface area contributed by atoms with Gasteiger partial charge in [-0.25, -0.2) is 4.39 Å². The van der Waals surface area contributed by atoms with Gasteiger partial charge in [0.1, 0.15) is 5.82 Å². The van der Waals surface area contributed by atoms with Crippen molar-refractivity contribution >= 4 is 5.78 Å². The second kappa shape index (κ2) is 10.5. The van der Waals surface area contributed by atoms with Gasteiger partial charge in [-0.1, -0.05) is 0 Å². The Morgan fingerprint density at radius 2 is 1.65 bits per heavy atom. The van der Waals surface area contributed by atoms with E-state index in [1.165, 1.54) is 24.3 Å². The first-order chi connectivity index (χ1) is 9.74. The molecule has 0 aliphatic carbocycles. The molecule has 5 heteroatoms. The highest BCUT2D eigenvalue weighted by atomic mass is 19.1. The molecule has 4 nitrogen and oxygen atoms in total. The van der Waals surface area contributed by atoms with Crippen molar-refractivity contribution in [2.24, 2.45) is 0 Å². The predicted octanol–water partition coefficient (Wildman–Crippen LogP) is 2.47.